The topological polar surface area (TPSA) is 91.8 Å². The molecule has 0 spiro atoms. The minimum atomic E-state index is -3.33. The summed E-state index contributed by atoms with van der Waals surface area (Å²) in [6, 6.07) is 5.23. The predicted molar refractivity (Wildman–Crippen MR) is 86.5 cm³/mol. The molecule has 1 fully saturated rings. The van der Waals surface area contributed by atoms with Gasteiger partial charge < -0.3 is 0 Å². The maximum Gasteiger partial charge on any atom is 0.268 e. The molecule has 1 saturated heterocycles. The number of rotatable bonds is 4. The van der Waals surface area contributed by atoms with Crippen LogP contribution in [0.3, 0.4) is 0 Å². The molecule has 0 aromatic heterocycles. The largest absolute Gasteiger partial charge is 0.268 e. The van der Waals surface area contributed by atoms with Crippen molar-refractivity contribution in [3.05, 3.63) is 29.8 Å². The predicted octanol–water partition coefficient (Wildman–Crippen LogP) is 0.196. The molecule has 1 aliphatic heterocycles. The molecular weight excluding hydrogens is 340 g/mol. The van der Waals surface area contributed by atoms with Gasteiger partial charge >= 0.3 is 0 Å². The van der Waals surface area contributed by atoms with Gasteiger partial charge in [-0.15, -0.1) is 0 Å². The molecule has 0 N–H and O–H groups in total. The van der Waals surface area contributed by atoms with Crippen molar-refractivity contribution < 1.29 is 21.6 Å². The van der Waals surface area contributed by atoms with Crippen LogP contribution in [-0.4, -0.2) is 70.7 Å². The fraction of sp³-hybridized carbons (Fsp3) is 0.500. The minimum absolute atomic E-state index is 0.0572. The van der Waals surface area contributed by atoms with E-state index in [0.29, 0.717) is 12.0 Å². The normalized spacial score (nSPS) is 20.6. The first-order valence-corrected chi connectivity index (χ1v) is 10.7. The van der Waals surface area contributed by atoms with Crippen molar-refractivity contribution in [1.29, 1.82) is 0 Å². The van der Waals surface area contributed by atoms with Crippen LogP contribution in [0.5, 0.6) is 0 Å². The van der Waals surface area contributed by atoms with Crippen molar-refractivity contribution >= 4 is 25.6 Å². The SMILES string of the molecule is CN(C)N(C(=O)c1ccc(S(C)(=O)=O)cc1)[C@H]1CCS(=O)(=O)C1. The lowest BCUT2D eigenvalue weighted by Gasteiger charge is -2.33. The lowest BCUT2D eigenvalue weighted by Crippen LogP contribution is -2.49. The Bertz CT molecular complexity index is 798. The highest BCUT2D eigenvalue weighted by molar-refractivity contribution is 7.91. The molecule has 1 aromatic rings. The van der Waals surface area contributed by atoms with Gasteiger partial charge in [0.1, 0.15) is 0 Å². The molecule has 0 unspecified atom stereocenters. The molecule has 7 nitrogen and oxygen atoms in total. The molecular formula is C14H20N2O5S2. The van der Waals surface area contributed by atoms with E-state index in [1.807, 2.05) is 0 Å². The number of carbonyl (C=O) groups excluding carboxylic acids is 1. The highest BCUT2D eigenvalue weighted by atomic mass is 32.2. The summed E-state index contributed by atoms with van der Waals surface area (Å²) in [6.07, 6.45) is 1.49. The van der Waals surface area contributed by atoms with Crippen molar-refractivity contribution in [2.45, 2.75) is 17.4 Å². The third-order valence-electron chi connectivity index (χ3n) is 3.72. The Morgan fingerprint density at radius 1 is 1.17 bits per heavy atom. The van der Waals surface area contributed by atoms with Crippen molar-refractivity contribution in [3.8, 4) is 0 Å². The fourth-order valence-electron chi connectivity index (χ4n) is 2.62. The lowest BCUT2D eigenvalue weighted by molar-refractivity contribution is 0.00100. The van der Waals surface area contributed by atoms with Crippen molar-refractivity contribution in [3.63, 3.8) is 0 Å². The minimum Gasteiger partial charge on any atom is -0.268 e. The van der Waals surface area contributed by atoms with E-state index in [1.54, 1.807) is 19.1 Å². The van der Waals surface area contributed by atoms with Crippen molar-refractivity contribution in [2.75, 3.05) is 31.9 Å². The molecule has 1 atom stereocenters. The molecule has 128 valence electrons. The van der Waals surface area contributed by atoms with Gasteiger partial charge in [0.2, 0.25) is 0 Å². The van der Waals surface area contributed by atoms with Gasteiger partial charge in [-0.3, -0.25) is 9.80 Å². The van der Waals surface area contributed by atoms with Gasteiger partial charge in [0.25, 0.3) is 5.91 Å². The van der Waals surface area contributed by atoms with E-state index >= 15 is 0 Å². The molecule has 1 aliphatic rings. The average molecular weight is 360 g/mol. The third kappa shape index (κ3) is 4.10. The van der Waals surface area contributed by atoms with Crippen LogP contribution >= 0.6 is 0 Å². The number of hydrogen-bond donors (Lipinski definition) is 0. The number of amides is 1. The van der Waals surface area contributed by atoms with Crippen LogP contribution in [0.1, 0.15) is 16.8 Å². The summed E-state index contributed by atoms with van der Waals surface area (Å²) in [4.78, 5) is 12.8. The molecule has 0 aliphatic carbocycles. The molecule has 2 rings (SSSR count). The van der Waals surface area contributed by atoms with Crippen LogP contribution < -0.4 is 0 Å². The molecule has 0 bridgehead atoms. The van der Waals surface area contributed by atoms with Crippen LogP contribution in [-0.2, 0) is 19.7 Å². The van der Waals surface area contributed by atoms with Crippen molar-refractivity contribution in [1.82, 2.24) is 10.0 Å². The Kier molecular flexibility index (Phi) is 4.84. The van der Waals surface area contributed by atoms with Crippen LogP contribution in [0, 0.1) is 0 Å². The Balaban J connectivity index is 2.28. The number of nitrogens with zero attached hydrogens (tertiary/aromatic N) is 2. The summed E-state index contributed by atoms with van der Waals surface area (Å²) < 4.78 is 46.3. The van der Waals surface area contributed by atoms with Gasteiger partial charge in [-0.25, -0.2) is 21.8 Å². The van der Waals surface area contributed by atoms with E-state index < -0.39 is 25.7 Å². The number of hydrazine groups is 1. The van der Waals surface area contributed by atoms with Gasteiger partial charge in [-0.05, 0) is 30.7 Å². The van der Waals surface area contributed by atoms with Gasteiger partial charge in [0.15, 0.2) is 19.7 Å². The highest BCUT2D eigenvalue weighted by Gasteiger charge is 2.36. The Labute approximate surface area is 136 Å². The average Bonchev–Trinajstić information content (AvgIpc) is 2.77. The maximum absolute atomic E-state index is 12.7. The summed E-state index contributed by atoms with van der Waals surface area (Å²) in [5.41, 5.74) is 0.315. The van der Waals surface area contributed by atoms with E-state index in [4.69, 9.17) is 0 Å². The molecule has 0 radical (unpaired) electrons. The first kappa shape index (κ1) is 17.9. The summed E-state index contributed by atoms with van der Waals surface area (Å²) in [5, 5.41) is 2.98. The number of carbonyl (C=O) groups is 1. The van der Waals surface area contributed by atoms with Gasteiger partial charge in [-0.1, -0.05) is 0 Å². The molecule has 23 heavy (non-hydrogen) atoms. The third-order valence-corrected chi connectivity index (χ3v) is 6.60. The van der Waals surface area contributed by atoms with E-state index in [0.717, 1.165) is 6.26 Å². The van der Waals surface area contributed by atoms with Crippen molar-refractivity contribution in [2.24, 2.45) is 0 Å². The molecule has 9 heteroatoms. The summed E-state index contributed by atoms with van der Waals surface area (Å²) in [7, 11) is -3.09. The highest BCUT2D eigenvalue weighted by Crippen LogP contribution is 2.21. The molecule has 1 amide bonds. The zero-order valence-electron chi connectivity index (χ0n) is 13.3. The maximum atomic E-state index is 12.7. The number of benzene rings is 1. The standard InChI is InChI=1S/C14H20N2O5S2/c1-15(2)16(12-8-9-23(20,21)10-12)14(17)11-4-6-13(7-5-11)22(3,18)19/h4-7,12H,8-10H2,1-3H3/t12-/m0/s1. The zero-order chi connectivity index (χ0) is 17.4. The molecule has 0 saturated carbocycles. The number of hydrogen-bond acceptors (Lipinski definition) is 6. The lowest BCUT2D eigenvalue weighted by atomic mass is 10.1. The van der Waals surface area contributed by atoms with Crippen LogP contribution in [0.2, 0.25) is 0 Å². The summed E-state index contributed by atoms with van der Waals surface area (Å²) in [5.74, 6) is -0.335. The first-order valence-electron chi connectivity index (χ1n) is 7.02. The van der Waals surface area contributed by atoms with Gasteiger partial charge in [-0.2, -0.15) is 0 Å². The second-order valence-electron chi connectivity index (χ2n) is 5.85. The first-order chi connectivity index (χ1) is 10.5. The zero-order valence-corrected chi connectivity index (χ0v) is 14.9. The summed E-state index contributed by atoms with van der Waals surface area (Å²) in [6.45, 7) is 0. The van der Waals surface area contributed by atoms with Crippen LogP contribution in [0.25, 0.3) is 0 Å². The number of sulfone groups is 2. The monoisotopic (exact) mass is 360 g/mol. The quantitative estimate of drug-likeness (QED) is 0.712. The Morgan fingerprint density at radius 3 is 2.13 bits per heavy atom. The second kappa shape index (κ2) is 6.21. The van der Waals surface area contributed by atoms with E-state index in [9.17, 15) is 21.6 Å². The molecule has 1 aromatic carbocycles. The second-order valence-corrected chi connectivity index (χ2v) is 10.1. The van der Waals surface area contributed by atoms with Gasteiger partial charge in [0, 0.05) is 25.9 Å². The van der Waals surface area contributed by atoms with E-state index in [1.165, 1.54) is 29.3 Å². The smallest absolute Gasteiger partial charge is 0.268 e. The van der Waals surface area contributed by atoms with Gasteiger partial charge in [0.05, 0.1) is 22.4 Å². The van der Waals surface area contributed by atoms with E-state index in [2.05, 4.69) is 0 Å². The Hall–Kier alpha value is -1.45. The van der Waals surface area contributed by atoms with Crippen LogP contribution in [0.4, 0.5) is 0 Å². The Morgan fingerprint density at radius 2 is 1.74 bits per heavy atom. The fourth-order valence-corrected chi connectivity index (χ4v) is 4.94. The molecule has 1 heterocycles. The van der Waals surface area contributed by atoms with E-state index in [-0.39, 0.29) is 22.3 Å². The van der Waals surface area contributed by atoms with Crippen LogP contribution in [0.15, 0.2) is 29.2 Å². The summed E-state index contributed by atoms with van der Waals surface area (Å²) >= 11 is 0.